The molecule has 0 radical (unpaired) electrons. The molecule has 3 aromatic rings. The van der Waals surface area contributed by atoms with E-state index in [1.807, 2.05) is 0 Å². The number of aryl methyl sites for hydroxylation is 1. The number of aliphatic carboxylic acids is 1. The van der Waals surface area contributed by atoms with Crippen LogP contribution in [-0.2, 0) is 21.4 Å². The fourth-order valence-corrected chi connectivity index (χ4v) is 6.92. The van der Waals surface area contributed by atoms with Crippen molar-refractivity contribution in [2.24, 2.45) is 12.8 Å². The minimum absolute atomic E-state index is 0. The zero-order chi connectivity index (χ0) is 31.7. The average Bonchev–Trinajstić information content (AvgIpc) is 3.41. The number of carbonyl (C=O) groups is 4. The van der Waals surface area contributed by atoms with Crippen LogP contribution in [0.5, 0.6) is 17.6 Å². The van der Waals surface area contributed by atoms with E-state index in [-0.39, 0.29) is 69.8 Å². The van der Waals surface area contributed by atoms with Gasteiger partial charge in [-0.1, -0.05) is 23.9 Å². The van der Waals surface area contributed by atoms with E-state index in [4.69, 9.17) is 10.5 Å². The molecule has 1 saturated heterocycles. The molecule has 18 nitrogen and oxygen atoms in total. The second-order valence-electron chi connectivity index (χ2n) is 9.28. The summed E-state index contributed by atoms with van der Waals surface area (Å²) in [5.41, 5.74) is 5.55. The zero-order valence-electron chi connectivity index (χ0n) is 23.8. The van der Waals surface area contributed by atoms with Crippen LogP contribution >= 0.6 is 23.5 Å². The number of methoxy groups -OCH3 is 1. The summed E-state index contributed by atoms with van der Waals surface area (Å²) in [6.45, 7) is 0. The summed E-state index contributed by atoms with van der Waals surface area (Å²) in [6, 6.07) is 1.03. The number of urea groups is 1. The van der Waals surface area contributed by atoms with E-state index in [0.717, 1.165) is 11.1 Å². The molecule has 0 bridgehead atoms. The van der Waals surface area contributed by atoms with Gasteiger partial charge in [-0.15, -0.1) is 16.9 Å². The van der Waals surface area contributed by atoms with Crippen LogP contribution in [0.1, 0.15) is 11.6 Å². The number of hydrogen-bond acceptors (Lipinski definition) is 15. The molecule has 0 spiro atoms. The number of carbonyl (C=O) groups excluding carboxylic acids is 4. The van der Waals surface area contributed by atoms with Crippen LogP contribution in [0.4, 0.5) is 10.5 Å². The van der Waals surface area contributed by atoms with Crippen molar-refractivity contribution in [1.82, 2.24) is 40.4 Å². The number of phenols is 1. The maximum Gasteiger partial charge on any atom is 1.00 e. The Morgan fingerprint density at radius 1 is 1.29 bits per heavy atom. The number of hydrogen-bond donors (Lipinski definition) is 4. The molecule has 5 N–H and O–H groups in total. The van der Waals surface area contributed by atoms with Gasteiger partial charge in [0.05, 0.1) is 25.0 Å². The molecule has 21 heteroatoms. The number of nitrogens with one attached hydrogen (secondary N) is 1. The van der Waals surface area contributed by atoms with Crippen LogP contribution in [-0.4, -0.2) is 99.1 Å². The summed E-state index contributed by atoms with van der Waals surface area (Å²) in [5.74, 6) is -3.68. The Labute approximate surface area is 284 Å². The fraction of sp³-hybridized carbons (Fsp3) is 0.292. The Kier molecular flexibility index (Phi) is 10.4. The number of β-lactam (4-membered cyclic amide) rings is 1. The Morgan fingerprint density at radius 2 is 2.00 bits per heavy atom. The summed E-state index contributed by atoms with van der Waals surface area (Å²) < 4.78 is 6.29. The van der Waals surface area contributed by atoms with Gasteiger partial charge in [-0.05, 0) is 33.7 Å². The van der Waals surface area contributed by atoms with Gasteiger partial charge >= 0.3 is 41.6 Å². The molecule has 45 heavy (non-hydrogen) atoms. The van der Waals surface area contributed by atoms with Crippen LogP contribution in [0.25, 0.3) is 0 Å². The SMILES string of the molecule is COc1ncc(N(C(N)=O)C(C(=O)NC2C(=O)N3C(C(=O)[O-])=C(CSc4nnnn4C)CS[C@H]23)c2ccc(O)cc2)c(O)n1.[Na+]. The van der Waals surface area contributed by atoms with Crippen molar-refractivity contribution in [2.45, 2.75) is 22.6 Å². The number of amides is 4. The molecule has 1 aromatic carbocycles. The first-order valence-electron chi connectivity index (χ1n) is 12.5. The number of nitrogens with two attached hydrogens (primary N) is 1. The zero-order valence-corrected chi connectivity index (χ0v) is 27.5. The van der Waals surface area contributed by atoms with Crippen LogP contribution in [0.3, 0.4) is 0 Å². The maximum absolute atomic E-state index is 13.8. The quantitative estimate of drug-likeness (QED) is 0.0900. The van der Waals surface area contributed by atoms with Crippen molar-refractivity contribution >= 4 is 53.0 Å². The predicted molar refractivity (Wildman–Crippen MR) is 150 cm³/mol. The molecular formula is C24H23N10NaO8S2. The van der Waals surface area contributed by atoms with E-state index in [1.165, 1.54) is 59.6 Å². The standard InChI is InChI=1S/C24H24N10O8S2.Na/c1-32-24(29-30-31-32)44-9-11-8-43-20-14(19(38)34(20)16(11)21(39)40)27-18(37)15(10-3-5-12(35)6-4-10)33(22(25)41)13-7-26-23(42-2)28-17(13)36;/h3-7,14-15,20,35H,8-9H2,1-2H3,(H2,25,41)(H,27,37)(H,39,40)(H,26,28,36);/q;+1/p-1/t14?,15?,20-;/m1./s1. The first kappa shape index (κ1) is 33.8. The number of primary amides is 1. The molecule has 4 heterocycles. The largest absolute Gasteiger partial charge is 1.00 e. The maximum atomic E-state index is 13.8. The predicted octanol–water partition coefficient (Wildman–Crippen LogP) is -4.75. The van der Waals surface area contributed by atoms with Gasteiger partial charge in [0, 0.05) is 18.6 Å². The molecule has 4 amide bonds. The number of phenolic OH excluding ortho intramolecular Hbond substituents is 1. The molecule has 3 atom stereocenters. The molecule has 0 aliphatic carbocycles. The van der Waals surface area contributed by atoms with Gasteiger partial charge in [-0.25, -0.2) is 14.5 Å². The van der Waals surface area contributed by atoms with E-state index in [1.54, 1.807) is 7.05 Å². The summed E-state index contributed by atoms with van der Waals surface area (Å²) in [6.07, 6.45) is 1.02. The summed E-state index contributed by atoms with van der Waals surface area (Å²) >= 11 is 2.40. The van der Waals surface area contributed by atoms with Crippen LogP contribution in [0.15, 0.2) is 46.9 Å². The Morgan fingerprint density at radius 3 is 2.58 bits per heavy atom. The number of nitrogens with zero attached hydrogens (tertiary/aromatic N) is 8. The summed E-state index contributed by atoms with van der Waals surface area (Å²) in [5, 5.41) is 45.8. The molecule has 0 saturated carbocycles. The van der Waals surface area contributed by atoms with Gasteiger partial charge in [-0.2, -0.15) is 4.98 Å². The number of carboxylic acids is 1. The van der Waals surface area contributed by atoms with Crippen LogP contribution in [0, 0.1) is 0 Å². The van der Waals surface area contributed by atoms with Crippen molar-refractivity contribution in [2.75, 3.05) is 23.5 Å². The number of fused-ring (bicyclic) bond motifs is 1. The third-order valence-electron chi connectivity index (χ3n) is 6.62. The van der Waals surface area contributed by atoms with Crippen molar-refractivity contribution in [1.29, 1.82) is 0 Å². The number of anilines is 1. The summed E-state index contributed by atoms with van der Waals surface area (Å²) in [7, 11) is 2.88. The Balaban J connectivity index is 0.00000461. The number of tetrazole rings is 1. The van der Waals surface area contributed by atoms with E-state index >= 15 is 0 Å². The molecule has 1 fully saturated rings. The molecular weight excluding hydrogens is 643 g/mol. The van der Waals surface area contributed by atoms with Crippen LogP contribution < -0.4 is 55.4 Å². The van der Waals surface area contributed by atoms with Gasteiger partial charge in [0.25, 0.3) is 5.91 Å². The Bertz CT molecular complexity index is 1670. The molecule has 2 aliphatic heterocycles. The van der Waals surface area contributed by atoms with E-state index in [2.05, 4.69) is 30.8 Å². The van der Waals surface area contributed by atoms with Gasteiger partial charge in [-0.3, -0.25) is 19.4 Å². The third kappa shape index (κ3) is 6.64. The first-order chi connectivity index (χ1) is 21.0. The molecule has 5 rings (SSSR count). The van der Waals surface area contributed by atoms with E-state index < -0.39 is 47.2 Å². The molecule has 2 aliphatic rings. The Hall–Kier alpha value is -4.11. The van der Waals surface area contributed by atoms with E-state index in [9.17, 15) is 34.5 Å². The minimum atomic E-state index is -1.59. The van der Waals surface area contributed by atoms with Gasteiger partial charge in [0.2, 0.25) is 16.9 Å². The number of benzene rings is 1. The van der Waals surface area contributed by atoms with Gasteiger partial charge < -0.3 is 35.9 Å². The molecule has 230 valence electrons. The number of aromatic nitrogens is 6. The van der Waals surface area contributed by atoms with Crippen LogP contribution in [0.2, 0.25) is 0 Å². The molecule has 2 aromatic heterocycles. The first-order valence-corrected chi connectivity index (χ1v) is 14.6. The number of rotatable bonds is 10. The average molecular weight is 667 g/mol. The number of thioether (sulfide) groups is 2. The topological polar surface area (TPSA) is 255 Å². The second-order valence-corrected chi connectivity index (χ2v) is 11.3. The van der Waals surface area contributed by atoms with Gasteiger partial charge in [0.1, 0.15) is 28.9 Å². The van der Waals surface area contributed by atoms with Crippen molar-refractivity contribution in [3.8, 4) is 17.6 Å². The van der Waals surface area contributed by atoms with Gasteiger partial charge in [0.15, 0.2) is 0 Å². The third-order valence-corrected chi connectivity index (χ3v) is 9.05. The van der Waals surface area contributed by atoms with Crippen molar-refractivity contribution in [3.63, 3.8) is 0 Å². The fourth-order valence-electron chi connectivity index (χ4n) is 4.59. The smallest absolute Gasteiger partial charge is 0.543 e. The van der Waals surface area contributed by atoms with E-state index in [0.29, 0.717) is 15.6 Å². The number of carboxylic acid groups (broad SMARTS) is 1. The monoisotopic (exact) mass is 666 g/mol. The minimum Gasteiger partial charge on any atom is -0.543 e. The molecule has 2 unspecified atom stereocenters. The van der Waals surface area contributed by atoms with Crippen molar-refractivity contribution < 1.29 is 68.8 Å². The summed E-state index contributed by atoms with van der Waals surface area (Å²) in [4.78, 5) is 61.4. The number of aromatic hydroxyl groups is 2. The normalized spacial score (nSPS) is 17.8. The van der Waals surface area contributed by atoms with Crippen molar-refractivity contribution in [3.05, 3.63) is 47.3 Å². The number of ether oxygens (including phenoxy) is 1. The second kappa shape index (κ2) is 13.9.